The molecular formula is C10H19N3. The second kappa shape index (κ2) is 5.00. The summed E-state index contributed by atoms with van der Waals surface area (Å²) < 4.78 is 0. The number of nitrogens with zero attached hydrogens (tertiary/aromatic N) is 2. The van der Waals surface area contributed by atoms with E-state index in [1.54, 1.807) is 0 Å². The molecule has 1 atom stereocenters. The zero-order chi connectivity index (χ0) is 9.68. The van der Waals surface area contributed by atoms with Gasteiger partial charge in [-0.05, 0) is 12.8 Å². The molecule has 74 valence electrons. The fourth-order valence-electron chi connectivity index (χ4n) is 1.17. The van der Waals surface area contributed by atoms with Gasteiger partial charge in [0.15, 0.2) is 5.82 Å². The number of aromatic amines is 1. The van der Waals surface area contributed by atoms with Crippen molar-refractivity contribution in [2.75, 3.05) is 0 Å². The zero-order valence-corrected chi connectivity index (χ0v) is 8.80. The van der Waals surface area contributed by atoms with E-state index in [1.165, 1.54) is 12.8 Å². The van der Waals surface area contributed by atoms with Crippen LogP contribution in [-0.4, -0.2) is 15.2 Å². The first-order valence-electron chi connectivity index (χ1n) is 5.19. The van der Waals surface area contributed by atoms with Crippen LogP contribution in [-0.2, 0) is 6.42 Å². The highest BCUT2D eigenvalue weighted by molar-refractivity contribution is 4.95. The molecule has 0 aliphatic carbocycles. The van der Waals surface area contributed by atoms with Crippen LogP contribution in [0.15, 0.2) is 0 Å². The molecule has 1 rings (SSSR count). The molecular weight excluding hydrogens is 162 g/mol. The van der Waals surface area contributed by atoms with Crippen molar-refractivity contribution in [2.45, 2.75) is 52.4 Å². The largest absolute Gasteiger partial charge is 0.263 e. The van der Waals surface area contributed by atoms with Gasteiger partial charge in [0.1, 0.15) is 5.82 Å². The van der Waals surface area contributed by atoms with Crippen molar-refractivity contribution in [2.24, 2.45) is 0 Å². The maximum Gasteiger partial charge on any atom is 0.153 e. The molecule has 0 aliphatic rings. The predicted octanol–water partition coefficient (Wildman–Crippen LogP) is 2.66. The van der Waals surface area contributed by atoms with E-state index in [0.29, 0.717) is 5.92 Å². The Hall–Kier alpha value is -0.860. The molecule has 0 aliphatic heterocycles. The number of hydrogen-bond acceptors (Lipinski definition) is 2. The molecule has 3 nitrogen and oxygen atoms in total. The van der Waals surface area contributed by atoms with Crippen LogP contribution in [0.5, 0.6) is 0 Å². The van der Waals surface area contributed by atoms with Gasteiger partial charge in [-0.1, -0.05) is 27.2 Å². The van der Waals surface area contributed by atoms with E-state index >= 15 is 0 Å². The summed E-state index contributed by atoms with van der Waals surface area (Å²) in [6, 6.07) is 0. The van der Waals surface area contributed by atoms with Gasteiger partial charge >= 0.3 is 0 Å². The van der Waals surface area contributed by atoms with Crippen molar-refractivity contribution in [3.63, 3.8) is 0 Å². The van der Waals surface area contributed by atoms with Crippen molar-refractivity contribution >= 4 is 0 Å². The molecule has 0 bridgehead atoms. The molecule has 1 N–H and O–H groups in total. The van der Waals surface area contributed by atoms with E-state index in [1.807, 2.05) is 0 Å². The SMILES string of the molecule is CCCCc1nc(C(C)CC)n[nH]1. The van der Waals surface area contributed by atoms with E-state index < -0.39 is 0 Å². The first-order chi connectivity index (χ1) is 6.27. The Balaban J connectivity index is 2.53. The summed E-state index contributed by atoms with van der Waals surface area (Å²) in [5.41, 5.74) is 0. The van der Waals surface area contributed by atoms with Crippen LogP contribution >= 0.6 is 0 Å². The number of H-pyrrole nitrogens is 1. The molecule has 0 fully saturated rings. The molecule has 3 heteroatoms. The lowest BCUT2D eigenvalue weighted by Crippen LogP contribution is -1.94. The summed E-state index contributed by atoms with van der Waals surface area (Å²) in [6.45, 7) is 6.51. The monoisotopic (exact) mass is 181 g/mol. The van der Waals surface area contributed by atoms with Crippen LogP contribution < -0.4 is 0 Å². The molecule has 0 saturated heterocycles. The molecule has 0 aromatic carbocycles. The fourth-order valence-corrected chi connectivity index (χ4v) is 1.17. The molecule has 13 heavy (non-hydrogen) atoms. The Morgan fingerprint density at radius 2 is 2.15 bits per heavy atom. The minimum absolute atomic E-state index is 0.478. The highest BCUT2D eigenvalue weighted by atomic mass is 15.2. The standard InChI is InChI=1S/C10H19N3/c1-4-6-7-9-11-10(13-12-9)8(3)5-2/h8H,4-7H2,1-3H3,(H,11,12,13). The summed E-state index contributed by atoms with van der Waals surface area (Å²) in [7, 11) is 0. The number of aromatic nitrogens is 3. The van der Waals surface area contributed by atoms with Crippen molar-refractivity contribution in [3.8, 4) is 0 Å². The van der Waals surface area contributed by atoms with Crippen LogP contribution in [0, 0.1) is 0 Å². The number of unbranched alkanes of at least 4 members (excludes halogenated alkanes) is 1. The van der Waals surface area contributed by atoms with Crippen LogP contribution in [0.3, 0.4) is 0 Å². The highest BCUT2D eigenvalue weighted by Crippen LogP contribution is 2.13. The Morgan fingerprint density at radius 3 is 2.77 bits per heavy atom. The molecule has 1 aromatic rings. The van der Waals surface area contributed by atoms with Gasteiger partial charge in [-0.2, -0.15) is 5.10 Å². The van der Waals surface area contributed by atoms with Gasteiger partial charge in [0.05, 0.1) is 0 Å². The van der Waals surface area contributed by atoms with Crippen LogP contribution in [0.25, 0.3) is 0 Å². The zero-order valence-electron chi connectivity index (χ0n) is 8.80. The van der Waals surface area contributed by atoms with Gasteiger partial charge in [0, 0.05) is 12.3 Å². The molecule has 1 heterocycles. The van der Waals surface area contributed by atoms with Gasteiger partial charge < -0.3 is 0 Å². The van der Waals surface area contributed by atoms with E-state index in [4.69, 9.17) is 0 Å². The third kappa shape index (κ3) is 2.83. The van der Waals surface area contributed by atoms with E-state index in [-0.39, 0.29) is 0 Å². The fraction of sp³-hybridized carbons (Fsp3) is 0.800. The maximum absolute atomic E-state index is 4.45. The maximum atomic E-state index is 4.45. The minimum Gasteiger partial charge on any atom is -0.263 e. The first kappa shape index (κ1) is 10.2. The smallest absolute Gasteiger partial charge is 0.153 e. The number of aryl methyl sites for hydroxylation is 1. The Bertz CT molecular complexity index is 242. The third-order valence-electron chi connectivity index (χ3n) is 2.37. The number of nitrogens with one attached hydrogen (secondary N) is 1. The Morgan fingerprint density at radius 1 is 1.38 bits per heavy atom. The van der Waals surface area contributed by atoms with Crippen LogP contribution in [0.2, 0.25) is 0 Å². The van der Waals surface area contributed by atoms with E-state index in [9.17, 15) is 0 Å². The molecule has 0 amide bonds. The highest BCUT2D eigenvalue weighted by Gasteiger charge is 2.08. The minimum atomic E-state index is 0.478. The second-order valence-corrected chi connectivity index (χ2v) is 3.55. The van der Waals surface area contributed by atoms with Crippen LogP contribution in [0.4, 0.5) is 0 Å². The molecule has 0 radical (unpaired) electrons. The average molecular weight is 181 g/mol. The summed E-state index contributed by atoms with van der Waals surface area (Å²) in [6.07, 6.45) is 4.53. The van der Waals surface area contributed by atoms with Gasteiger partial charge in [0.25, 0.3) is 0 Å². The topological polar surface area (TPSA) is 41.6 Å². The lowest BCUT2D eigenvalue weighted by Gasteiger charge is -1.99. The number of rotatable bonds is 5. The van der Waals surface area contributed by atoms with Gasteiger partial charge in [0.2, 0.25) is 0 Å². The average Bonchev–Trinajstić information content (AvgIpc) is 2.62. The predicted molar refractivity (Wildman–Crippen MR) is 53.7 cm³/mol. The van der Waals surface area contributed by atoms with Crippen LogP contribution in [0.1, 0.15) is 57.6 Å². The van der Waals surface area contributed by atoms with Gasteiger partial charge in [-0.25, -0.2) is 4.98 Å². The molecule has 1 unspecified atom stereocenters. The summed E-state index contributed by atoms with van der Waals surface area (Å²) in [5.74, 6) is 2.48. The van der Waals surface area contributed by atoms with Crippen molar-refractivity contribution in [1.29, 1.82) is 0 Å². The quantitative estimate of drug-likeness (QED) is 0.758. The molecule has 1 aromatic heterocycles. The van der Waals surface area contributed by atoms with E-state index in [0.717, 1.165) is 24.5 Å². The van der Waals surface area contributed by atoms with Crippen molar-refractivity contribution < 1.29 is 0 Å². The first-order valence-corrected chi connectivity index (χ1v) is 5.19. The summed E-state index contributed by atoms with van der Waals surface area (Å²) in [4.78, 5) is 4.45. The third-order valence-corrected chi connectivity index (χ3v) is 2.37. The van der Waals surface area contributed by atoms with Gasteiger partial charge in [-0.3, -0.25) is 5.10 Å². The summed E-state index contributed by atoms with van der Waals surface area (Å²) >= 11 is 0. The second-order valence-electron chi connectivity index (χ2n) is 3.55. The Labute approximate surface area is 80.0 Å². The molecule has 0 saturated carbocycles. The van der Waals surface area contributed by atoms with Crippen molar-refractivity contribution in [3.05, 3.63) is 11.6 Å². The number of hydrogen-bond donors (Lipinski definition) is 1. The van der Waals surface area contributed by atoms with E-state index in [2.05, 4.69) is 36.0 Å². The lowest BCUT2D eigenvalue weighted by atomic mass is 10.1. The lowest BCUT2D eigenvalue weighted by molar-refractivity contribution is 0.681. The normalized spacial score (nSPS) is 13.2. The summed E-state index contributed by atoms with van der Waals surface area (Å²) in [5, 5.41) is 7.20. The molecule has 0 spiro atoms. The van der Waals surface area contributed by atoms with Crippen molar-refractivity contribution in [1.82, 2.24) is 15.2 Å². The Kier molecular flexibility index (Phi) is 3.93. The van der Waals surface area contributed by atoms with Gasteiger partial charge in [-0.15, -0.1) is 0 Å².